The summed E-state index contributed by atoms with van der Waals surface area (Å²) in [5.41, 5.74) is -0.0674. The summed E-state index contributed by atoms with van der Waals surface area (Å²) in [4.78, 5) is 50.5. The summed E-state index contributed by atoms with van der Waals surface area (Å²) >= 11 is 0. The molecular formula is C22H23N3O5. The lowest BCUT2D eigenvalue weighted by molar-refractivity contribution is -0.116. The van der Waals surface area contributed by atoms with E-state index < -0.39 is 17.6 Å². The maximum Gasteiger partial charge on any atom is 0.339 e. The number of hydrogen-bond acceptors (Lipinski definition) is 5. The largest absolute Gasteiger partial charge is 0.465 e. The smallest absolute Gasteiger partial charge is 0.339 e. The quantitative estimate of drug-likeness (QED) is 0.630. The van der Waals surface area contributed by atoms with Crippen LogP contribution in [-0.4, -0.2) is 28.1 Å². The van der Waals surface area contributed by atoms with Gasteiger partial charge in [-0.2, -0.15) is 0 Å². The van der Waals surface area contributed by atoms with Crippen molar-refractivity contribution in [3.63, 3.8) is 0 Å². The van der Waals surface area contributed by atoms with Gasteiger partial charge in [0.15, 0.2) is 0 Å². The molecule has 8 nitrogen and oxygen atoms in total. The minimum Gasteiger partial charge on any atom is -0.465 e. The first kappa shape index (κ1) is 21.0. The molecule has 0 aliphatic carbocycles. The average molecular weight is 409 g/mol. The molecule has 0 unspecified atom stereocenters. The van der Waals surface area contributed by atoms with Crippen molar-refractivity contribution in [2.75, 3.05) is 12.4 Å². The van der Waals surface area contributed by atoms with Gasteiger partial charge < -0.3 is 10.1 Å². The van der Waals surface area contributed by atoms with Crippen LogP contribution >= 0.6 is 0 Å². The van der Waals surface area contributed by atoms with Gasteiger partial charge in [0.05, 0.1) is 29.3 Å². The van der Waals surface area contributed by atoms with E-state index in [-0.39, 0.29) is 35.8 Å². The van der Waals surface area contributed by atoms with E-state index in [0.717, 1.165) is 4.57 Å². The van der Waals surface area contributed by atoms with Gasteiger partial charge in [-0.1, -0.05) is 38.1 Å². The highest BCUT2D eigenvalue weighted by molar-refractivity contribution is 6.01. The molecule has 8 heteroatoms. The maximum absolute atomic E-state index is 13.0. The van der Waals surface area contributed by atoms with Crippen molar-refractivity contribution >= 4 is 28.5 Å². The molecule has 0 saturated carbocycles. The van der Waals surface area contributed by atoms with Crippen molar-refractivity contribution in [2.45, 2.75) is 26.9 Å². The summed E-state index contributed by atoms with van der Waals surface area (Å²) in [6, 6.07) is 13.1. The number of carbonyl (C=O) groups excluding carboxylic acids is 2. The van der Waals surface area contributed by atoms with Crippen molar-refractivity contribution in [1.82, 2.24) is 9.13 Å². The molecule has 1 amide bonds. The maximum atomic E-state index is 13.0. The molecule has 0 aliphatic rings. The zero-order valence-electron chi connectivity index (χ0n) is 17.0. The molecular weight excluding hydrogens is 386 g/mol. The highest BCUT2D eigenvalue weighted by Crippen LogP contribution is 2.16. The molecule has 0 aliphatic heterocycles. The Balaban J connectivity index is 2.02. The first-order valence-electron chi connectivity index (χ1n) is 9.53. The van der Waals surface area contributed by atoms with E-state index in [1.54, 1.807) is 42.5 Å². The summed E-state index contributed by atoms with van der Waals surface area (Å²) in [7, 11) is 1.25. The number of nitrogens with zero attached hydrogens (tertiary/aromatic N) is 2. The van der Waals surface area contributed by atoms with Crippen LogP contribution in [0.5, 0.6) is 0 Å². The summed E-state index contributed by atoms with van der Waals surface area (Å²) in [6.45, 7) is 3.74. The number of ether oxygens (including phenoxy) is 1. The van der Waals surface area contributed by atoms with Crippen molar-refractivity contribution in [3.05, 3.63) is 74.9 Å². The molecule has 0 radical (unpaired) electrons. The van der Waals surface area contributed by atoms with Gasteiger partial charge in [0, 0.05) is 6.54 Å². The minimum atomic E-state index is -0.584. The second-order valence-corrected chi connectivity index (χ2v) is 7.28. The van der Waals surface area contributed by atoms with Crippen molar-refractivity contribution in [3.8, 4) is 0 Å². The highest BCUT2D eigenvalue weighted by atomic mass is 16.5. The third-order valence-electron chi connectivity index (χ3n) is 4.59. The number of rotatable bonds is 6. The van der Waals surface area contributed by atoms with Crippen LogP contribution in [-0.2, 0) is 22.6 Å². The summed E-state index contributed by atoms with van der Waals surface area (Å²) in [5, 5.41) is 3.02. The van der Waals surface area contributed by atoms with Crippen molar-refractivity contribution in [2.24, 2.45) is 5.92 Å². The third kappa shape index (κ3) is 4.17. The van der Waals surface area contributed by atoms with E-state index in [1.165, 1.54) is 17.7 Å². The number of carbonyl (C=O) groups is 2. The van der Waals surface area contributed by atoms with Crippen LogP contribution in [0.2, 0.25) is 0 Å². The number of para-hydroxylation sites is 2. The number of amides is 1. The van der Waals surface area contributed by atoms with Gasteiger partial charge in [-0.3, -0.25) is 18.7 Å². The lowest BCUT2D eigenvalue weighted by Gasteiger charge is -2.15. The number of benzene rings is 2. The number of aromatic nitrogens is 2. The molecule has 3 aromatic rings. The molecule has 1 N–H and O–H groups in total. The fraction of sp³-hybridized carbons (Fsp3) is 0.273. The van der Waals surface area contributed by atoms with Gasteiger partial charge in [-0.05, 0) is 30.2 Å². The Morgan fingerprint density at radius 3 is 2.37 bits per heavy atom. The molecule has 1 aromatic heterocycles. The fourth-order valence-corrected chi connectivity index (χ4v) is 3.26. The Hall–Kier alpha value is -3.68. The van der Waals surface area contributed by atoms with E-state index in [0.29, 0.717) is 10.9 Å². The van der Waals surface area contributed by atoms with Crippen LogP contribution in [0.4, 0.5) is 5.69 Å². The lowest BCUT2D eigenvalue weighted by Crippen LogP contribution is -2.42. The van der Waals surface area contributed by atoms with Crippen LogP contribution in [0, 0.1) is 5.92 Å². The second kappa shape index (κ2) is 8.77. The molecule has 0 bridgehead atoms. The summed E-state index contributed by atoms with van der Waals surface area (Å²) in [6.07, 6.45) is 0. The van der Waals surface area contributed by atoms with E-state index >= 15 is 0 Å². The van der Waals surface area contributed by atoms with Gasteiger partial charge in [0.1, 0.15) is 6.54 Å². The highest BCUT2D eigenvalue weighted by Gasteiger charge is 2.18. The van der Waals surface area contributed by atoms with Crippen LogP contribution < -0.4 is 16.6 Å². The Bertz CT molecular complexity index is 1220. The number of fused-ring (bicyclic) bond motifs is 1. The lowest BCUT2D eigenvalue weighted by atomic mass is 10.2. The molecule has 156 valence electrons. The van der Waals surface area contributed by atoms with E-state index in [1.807, 2.05) is 13.8 Å². The van der Waals surface area contributed by atoms with Gasteiger partial charge in [0.25, 0.3) is 5.56 Å². The first-order chi connectivity index (χ1) is 14.3. The van der Waals surface area contributed by atoms with Crippen LogP contribution in [0.15, 0.2) is 58.1 Å². The molecule has 2 aromatic carbocycles. The Morgan fingerprint density at radius 1 is 1.00 bits per heavy atom. The van der Waals surface area contributed by atoms with E-state index in [2.05, 4.69) is 5.32 Å². The Kier molecular flexibility index (Phi) is 6.15. The van der Waals surface area contributed by atoms with Crippen molar-refractivity contribution in [1.29, 1.82) is 0 Å². The summed E-state index contributed by atoms with van der Waals surface area (Å²) < 4.78 is 7.16. The number of hydrogen-bond donors (Lipinski definition) is 1. The van der Waals surface area contributed by atoms with Gasteiger partial charge in [0.2, 0.25) is 5.91 Å². The van der Waals surface area contributed by atoms with Crippen molar-refractivity contribution < 1.29 is 14.3 Å². The number of nitrogens with one attached hydrogen (secondary N) is 1. The Morgan fingerprint density at radius 2 is 1.67 bits per heavy atom. The molecule has 3 rings (SSSR count). The normalized spacial score (nSPS) is 10.9. The monoisotopic (exact) mass is 409 g/mol. The molecule has 0 saturated heterocycles. The number of esters is 1. The van der Waals surface area contributed by atoms with E-state index in [9.17, 15) is 19.2 Å². The number of anilines is 1. The minimum absolute atomic E-state index is 0.0748. The standard InChI is InChI=1S/C22H23N3O5/c1-14(2)12-25-20(27)16-9-5-7-11-18(16)24(22(25)29)13-19(26)23-17-10-6-4-8-15(17)21(28)30-3/h4-11,14H,12-13H2,1-3H3,(H,23,26). The predicted molar refractivity (Wildman–Crippen MR) is 114 cm³/mol. The van der Waals surface area contributed by atoms with Crippen LogP contribution in [0.25, 0.3) is 10.9 Å². The molecule has 0 spiro atoms. The summed E-state index contributed by atoms with van der Waals surface area (Å²) in [5.74, 6) is -1.02. The fourth-order valence-electron chi connectivity index (χ4n) is 3.26. The molecule has 0 atom stereocenters. The second-order valence-electron chi connectivity index (χ2n) is 7.28. The SMILES string of the molecule is COC(=O)c1ccccc1NC(=O)Cn1c(=O)n(CC(C)C)c(=O)c2ccccc21. The van der Waals surface area contributed by atoms with Gasteiger partial charge in [-0.25, -0.2) is 9.59 Å². The molecule has 1 heterocycles. The van der Waals surface area contributed by atoms with Crippen LogP contribution in [0.3, 0.4) is 0 Å². The van der Waals surface area contributed by atoms with Gasteiger partial charge >= 0.3 is 11.7 Å². The van der Waals surface area contributed by atoms with Crippen LogP contribution in [0.1, 0.15) is 24.2 Å². The molecule has 30 heavy (non-hydrogen) atoms. The first-order valence-corrected chi connectivity index (χ1v) is 9.53. The third-order valence-corrected chi connectivity index (χ3v) is 4.59. The topological polar surface area (TPSA) is 99.4 Å². The zero-order chi connectivity index (χ0) is 21.8. The average Bonchev–Trinajstić information content (AvgIpc) is 2.74. The van der Waals surface area contributed by atoms with E-state index in [4.69, 9.17) is 4.74 Å². The number of methoxy groups -OCH3 is 1. The van der Waals surface area contributed by atoms with Gasteiger partial charge in [-0.15, -0.1) is 0 Å². The molecule has 0 fully saturated rings. The predicted octanol–water partition coefficient (Wildman–Crippen LogP) is 2.24. The Labute approximate surface area is 172 Å². The zero-order valence-corrected chi connectivity index (χ0v) is 17.0.